The van der Waals surface area contributed by atoms with E-state index in [1.807, 2.05) is 6.92 Å². The maximum absolute atomic E-state index is 12.4. The van der Waals surface area contributed by atoms with Crippen LogP contribution in [0.1, 0.15) is 26.3 Å². The Labute approximate surface area is 166 Å². The predicted molar refractivity (Wildman–Crippen MR) is 104 cm³/mol. The number of hydrogen-bond acceptors (Lipinski definition) is 7. The van der Waals surface area contributed by atoms with E-state index in [-0.39, 0.29) is 16.8 Å². The standard InChI is InChI=1S/C20H20N2O7/c1-11-5-8-16(27-2)15(9-11)22-18(24)17(23)21-14-10-12(19(25)28-3)6-7-13(14)20(26)29-4/h5-10H,1-4H3,(H,21,23)(H,22,24). The number of methoxy groups -OCH3 is 3. The third-order valence-corrected chi connectivity index (χ3v) is 3.90. The van der Waals surface area contributed by atoms with Crippen molar-refractivity contribution in [2.75, 3.05) is 32.0 Å². The van der Waals surface area contributed by atoms with Gasteiger partial charge in [-0.3, -0.25) is 9.59 Å². The number of carbonyl (C=O) groups is 4. The average Bonchev–Trinajstić information content (AvgIpc) is 2.72. The van der Waals surface area contributed by atoms with Gasteiger partial charge in [0.2, 0.25) is 0 Å². The van der Waals surface area contributed by atoms with Gasteiger partial charge in [-0.2, -0.15) is 0 Å². The number of ether oxygens (including phenoxy) is 3. The molecule has 0 fully saturated rings. The van der Waals surface area contributed by atoms with Crippen LogP contribution in [0.3, 0.4) is 0 Å². The summed E-state index contributed by atoms with van der Waals surface area (Å²) >= 11 is 0. The quantitative estimate of drug-likeness (QED) is 0.583. The Hall–Kier alpha value is -3.88. The Kier molecular flexibility index (Phi) is 6.91. The number of rotatable bonds is 5. The van der Waals surface area contributed by atoms with E-state index in [9.17, 15) is 19.2 Å². The predicted octanol–water partition coefficient (Wildman–Crippen LogP) is 2.15. The first-order valence-corrected chi connectivity index (χ1v) is 8.38. The highest BCUT2D eigenvalue weighted by molar-refractivity contribution is 6.44. The van der Waals surface area contributed by atoms with Crippen molar-refractivity contribution in [1.29, 1.82) is 0 Å². The first-order valence-electron chi connectivity index (χ1n) is 8.38. The molecule has 0 aromatic heterocycles. The highest BCUT2D eigenvalue weighted by Crippen LogP contribution is 2.25. The van der Waals surface area contributed by atoms with Crippen molar-refractivity contribution < 1.29 is 33.4 Å². The molecule has 0 atom stereocenters. The first kappa shape index (κ1) is 21.4. The van der Waals surface area contributed by atoms with E-state index in [0.29, 0.717) is 11.4 Å². The van der Waals surface area contributed by atoms with E-state index in [1.165, 1.54) is 39.5 Å². The largest absolute Gasteiger partial charge is 0.495 e. The minimum Gasteiger partial charge on any atom is -0.495 e. The summed E-state index contributed by atoms with van der Waals surface area (Å²) in [5.74, 6) is -3.10. The number of aryl methyl sites for hydroxylation is 1. The molecule has 2 N–H and O–H groups in total. The molecular formula is C20H20N2O7. The molecule has 9 nitrogen and oxygen atoms in total. The highest BCUT2D eigenvalue weighted by atomic mass is 16.5. The fourth-order valence-electron chi connectivity index (χ4n) is 2.46. The minimum absolute atomic E-state index is 0.0329. The molecule has 2 rings (SSSR count). The first-order chi connectivity index (χ1) is 13.8. The van der Waals surface area contributed by atoms with Crippen molar-refractivity contribution in [1.82, 2.24) is 0 Å². The lowest BCUT2D eigenvalue weighted by atomic mass is 10.1. The zero-order valence-corrected chi connectivity index (χ0v) is 16.3. The molecule has 0 aliphatic heterocycles. The zero-order valence-electron chi connectivity index (χ0n) is 16.3. The molecule has 0 aliphatic carbocycles. The van der Waals surface area contributed by atoms with Crippen molar-refractivity contribution in [3.8, 4) is 5.75 Å². The van der Waals surface area contributed by atoms with Gasteiger partial charge in [0.05, 0.1) is 43.8 Å². The Morgan fingerprint density at radius 1 is 0.759 bits per heavy atom. The fourth-order valence-corrected chi connectivity index (χ4v) is 2.46. The second kappa shape index (κ2) is 9.36. The SMILES string of the molecule is COC(=O)c1ccc(C(=O)OC)c(NC(=O)C(=O)Nc2cc(C)ccc2OC)c1. The summed E-state index contributed by atoms with van der Waals surface area (Å²) in [5, 5.41) is 4.77. The van der Waals surface area contributed by atoms with Gasteiger partial charge in [-0.05, 0) is 42.8 Å². The molecular weight excluding hydrogens is 380 g/mol. The molecule has 2 aromatic carbocycles. The summed E-state index contributed by atoms with van der Waals surface area (Å²) in [6.45, 7) is 1.82. The molecule has 0 unspecified atom stereocenters. The van der Waals surface area contributed by atoms with E-state index in [0.717, 1.165) is 5.56 Å². The van der Waals surface area contributed by atoms with Gasteiger partial charge in [-0.25, -0.2) is 9.59 Å². The second-order valence-electron chi connectivity index (χ2n) is 5.86. The maximum atomic E-state index is 12.4. The lowest BCUT2D eigenvalue weighted by Gasteiger charge is -2.13. The smallest absolute Gasteiger partial charge is 0.339 e. The van der Waals surface area contributed by atoms with Crippen molar-refractivity contribution in [3.63, 3.8) is 0 Å². The summed E-state index contributed by atoms with van der Waals surface area (Å²) in [4.78, 5) is 48.4. The molecule has 0 spiro atoms. The summed E-state index contributed by atoms with van der Waals surface area (Å²) < 4.78 is 14.4. The second-order valence-corrected chi connectivity index (χ2v) is 5.86. The average molecular weight is 400 g/mol. The van der Waals surface area contributed by atoms with Crippen molar-refractivity contribution in [2.45, 2.75) is 6.92 Å². The summed E-state index contributed by atoms with van der Waals surface area (Å²) in [7, 11) is 3.79. The van der Waals surface area contributed by atoms with Gasteiger partial charge in [-0.1, -0.05) is 6.07 Å². The highest BCUT2D eigenvalue weighted by Gasteiger charge is 2.21. The lowest BCUT2D eigenvalue weighted by Crippen LogP contribution is -2.30. The number of amides is 2. The van der Waals surface area contributed by atoms with E-state index >= 15 is 0 Å². The van der Waals surface area contributed by atoms with Crippen LogP contribution in [0.25, 0.3) is 0 Å². The molecule has 2 amide bonds. The molecule has 0 radical (unpaired) electrons. The third-order valence-electron chi connectivity index (χ3n) is 3.90. The maximum Gasteiger partial charge on any atom is 0.339 e. The molecule has 29 heavy (non-hydrogen) atoms. The molecule has 0 aliphatic rings. The number of esters is 2. The summed E-state index contributed by atoms with van der Waals surface area (Å²) in [6.07, 6.45) is 0. The Morgan fingerprint density at radius 3 is 1.97 bits per heavy atom. The lowest BCUT2D eigenvalue weighted by molar-refractivity contribution is -0.133. The van der Waals surface area contributed by atoms with Gasteiger partial charge in [-0.15, -0.1) is 0 Å². The molecule has 0 saturated heterocycles. The summed E-state index contributed by atoms with van der Waals surface area (Å²) in [6, 6.07) is 8.92. The Bertz CT molecular complexity index is 969. The monoisotopic (exact) mass is 400 g/mol. The molecule has 152 valence electrons. The van der Waals surface area contributed by atoms with Crippen LogP contribution in [0.5, 0.6) is 5.75 Å². The van der Waals surface area contributed by atoms with Crippen LogP contribution in [0.15, 0.2) is 36.4 Å². The normalized spacial score (nSPS) is 9.93. The van der Waals surface area contributed by atoms with Crippen LogP contribution >= 0.6 is 0 Å². The number of anilines is 2. The Morgan fingerprint density at radius 2 is 1.38 bits per heavy atom. The van der Waals surface area contributed by atoms with E-state index in [2.05, 4.69) is 20.1 Å². The number of carbonyl (C=O) groups excluding carboxylic acids is 4. The van der Waals surface area contributed by atoms with Gasteiger partial charge < -0.3 is 24.8 Å². The van der Waals surface area contributed by atoms with Crippen molar-refractivity contribution >= 4 is 35.1 Å². The molecule has 2 aromatic rings. The van der Waals surface area contributed by atoms with Crippen LogP contribution in [-0.4, -0.2) is 45.1 Å². The van der Waals surface area contributed by atoms with Crippen LogP contribution in [0.4, 0.5) is 11.4 Å². The topological polar surface area (TPSA) is 120 Å². The fraction of sp³-hybridized carbons (Fsp3) is 0.200. The van der Waals surface area contributed by atoms with Gasteiger partial charge in [0.15, 0.2) is 0 Å². The zero-order chi connectivity index (χ0) is 21.6. The van der Waals surface area contributed by atoms with Crippen LogP contribution in [0, 0.1) is 6.92 Å². The van der Waals surface area contributed by atoms with Gasteiger partial charge in [0.25, 0.3) is 0 Å². The molecule has 9 heteroatoms. The van der Waals surface area contributed by atoms with Crippen LogP contribution in [0.2, 0.25) is 0 Å². The Balaban J connectivity index is 2.28. The number of nitrogens with one attached hydrogen (secondary N) is 2. The van der Waals surface area contributed by atoms with Crippen molar-refractivity contribution in [3.05, 3.63) is 53.1 Å². The van der Waals surface area contributed by atoms with Crippen LogP contribution in [-0.2, 0) is 19.1 Å². The van der Waals surface area contributed by atoms with Gasteiger partial charge in [0, 0.05) is 0 Å². The van der Waals surface area contributed by atoms with Gasteiger partial charge in [0.1, 0.15) is 5.75 Å². The van der Waals surface area contributed by atoms with E-state index < -0.39 is 23.8 Å². The minimum atomic E-state index is -1.05. The third kappa shape index (κ3) is 5.10. The molecule has 0 bridgehead atoms. The van der Waals surface area contributed by atoms with E-state index in [4.69, 9.17) is 4.74 Å². The van der Waals surface area contributed by atoms with E-state index in [1.54, 1.807) is 18.2 Å². The van der Waals surface area contributed by atoms with Crippen LogP contribution < -0.4 is 15.4 Å². The number of benzene rings is 2. The number of hydrogen-bond donors (Lipinski definition) is 2. The molecule has 0 heterocycles. The van der Waals surface area contributed by atoms with Gasteiger partial charge >= 0.3 is 23.8 Å². The molecule has 0 saturated carbocycles. The summed E-state index contributed by atoms with van der Waals surface area (Å²) in [5.41, 5.74) is 1.13. The van der Waals surface area contributed by atoms with Crippen molar-refractivity contribution in [2.24, 2.45) is 0 Å².